The molecular formula is C11H22ClNO2. The molecule has 4 heteroatoms. The summed E-state index contributed by atoms with van der Waals surface area (Å²) in [6.07, 6.45) is 3.65. The minimum absolute atomic E-state index is 0.0536. The van der Waals surface area contributed by atoms with Gasteiger partial charge < -0.3 is 10.4 Å². The average molecular weight is 236 g/mol. The number of rotatable bonds is 8. The van der Waals surface area contributed by atoms with Crippen LogP contribution in [-0.4, -0.2) is 29.0 Å². The number of amides is 1. The molecule has 0 rings (SSSR count). The predicted octanol–water partition coefficient (Wildman–Crippen LogP) is 2.06. The Balaban J connectivity index is 3.90. The van der Waals surface area contributed by atoms with Gasteiger partial charge in [0.2, 0.25) is 5.91 Å². The Morgan fingerprint density at radius 3 is 2.60 bits per heavy atom. The maximum atomic E-state index is 11.5. The van der Waals surface area contributed by atoms with E-state index in [0.717, 1.165) is 19.3 Å². The zero-order chi connectivity index (χ0) is 11.7. The van der Waals surface area contributed by atoms with Crippen LogP contribution in [0.3, 0.4) is 0 Å². The normalized spacial score (nSPS) is 14.7. The van der Waals surface area contributed by atoms with Crippen molar-refractivity contribution in [2.75, 3.05) is 12.5 Å². The minimum Gasteiger partial charge on any atom is -0.396 e. The molecule has 0 aromatic rings. The number of nitrogens with one attached hydrogen (secondary N) is 1. The number of carbonyl (C=O) groups is 1. The van der Waals surface area contributed by atoms with Crippen LogP contribution in [0.25, 0.3) is 0 Å². The summed E-state index contributed by atoms with van der Waals surface area (Å²) in [5, 5.41) is 11.9. The Bertz CT molecular complexity index is 187. The van der Waals surface area contributed by atoms with Crippen LogP contribution in [0.4, 0.5) is 0 Å². The van der Waals surface area contributed by atoms with Gasteiger partial charge in [-0.25, -0.2) is 0 Å². The second kappa shape index (κ2) is 7.94. The largest absolute Gasteiger partial charge is 0.396 e. The van der Waals surface area contributed by atoms with Crippen LogP contribution in [0, 0.1) is 0 Å². The molecule has 1 amide bonds. The van der Waals surface area contributed by atoms with E-state index in [2.05, 4.69) is 5.32 Å². The molecule has 0 saturated heterocycles. The molecule has 0 heterocycles. The van der Waals surface area contributed by atoms with Crippen molar-refractivity contribution < 1.29 is 9.90 Å². The SMILES string of the molecule is CCC(C)(CCO)NC(=O)CCCCCl. The fourth-order valence-corrected chi connectivity index (χ4v) is 1.54. The van der Waals surface area contributed by atoms with Crippen molar-refractivity contribution in [3.8, 4) is 0 Å². The van der Waals surface area contributed by atoms with Crippen LogP contribution in [-0.2, 0) is 4.79 Å². The van der Waals surface area contributed by atoms with Crippen LogP contribution in [0.2, 0.25) is 0 Å². The number of carbonyl (C=O) groups excluding carboxylic acids is 1. The van der Waals surface area contributed by atoms with Crippen molar-refractivity contribution in [2.45, 2.75) is 51.5 Å². The van der Waals surface area contributed by atoms with E-state index in [1.54, 1.807) is 0 Å². The number of hydrogen-bond acceptors (Lipinski definition) is 2. The Hall–Kier alpha value is -0.280. The van der Waals surface area contributed by atoms with Crippen molar-refractivity contribution in [1.29, 1.82) is 0 Å². The summed E-state index contributed by atoms with van der Waals surface area (Å²) < 4.78 is 0. The third kappa shape index (κ3) is 6.74. The highest BCUT2D eigenvalue weighted by molar-refractivity contribution is 6.17. The fraction of sp³-hybridized carbons (Fsp3) is 0.909. The van der Waals surface area contributed by atoms with Gasteiger partial charge in [-0.2, -0.15) is 0 Å². The summed E-state index contributed by atoms with van der Waals surface area (Å²) in [6.45, 7) is 4.07. The van der Waals surface area contributed by atoms with Gasteiger partial charge in [-0.1, -0.05) is 6.92 Å². The van der Waals surface area contributed by atoms with Gasteiger partial charge in [0.15, 0.2) is 0 Å². The Morgan fingerprint density at radius 2 is 2.13 bits per heavy atom. The van der Waals surface area contributed by atoms with Crippen molar-refractivity contribution in [3.05, 3.63) is 0 Å². The van der Waals surface area contributed by atoms with Crippen LogP contribution in [0.5, 0.6) is 0 Å². The van der Waals surface area contributed by atoms with Crippen LogP contribution in [0.15, 0.2) is 0 Å². The smallest absolute Gasteiger partial charge is 0.220 e. The van der Waals surface area contributed by atoms with Crippen LogP contribution in [0.1, 0.15) is 46.0 Å². The molecule has 0 fully saturated rings. The van der Waals surface area contributed by atoms with Gasteiger partial charge in [0.1, 0.15) is 0 Å². The molecule has 0 aliphatic heterocycles. The lowest BCUT2D eigenvalue weighted by atomic mass is 9.94. The van der Waals surface area contributed by atoms with Gasteiger partial charge in [-0.15, -0.1) is 11.6 Å². The van der Waals surface area contributed by atoms with Gasteiger partial charge in [-0.05, 0) is 32.6 Å². The second-order valence-corrected chi connectivity index (χ2v) is 4.46. The maximum absolute atomic E-state index is 11.5. The number of alkyl halides is 1. The Labute approximate surface area is 97.2 Å². The van der Waals surface area contributed by atoms with E-state index in [0.29, 0.717) is 18.7 Å². The van der Waals surface area contributed by atoms with E-state index in [-0.39, 0.29) is 18.1 Å². The zero-order valence-electron chi connectivity index (χ0n) is 9.68. The topological polar surface area (TPSA) is 49.3 Å². The molecule has 0 saturated carbocycles. The molecule has 3 nitrogen and oxygen atoms in total. The zero-order valence-corrected chi connectivity index (χ0v) is 10.4. The van der Waals surface area contributed by atoms with E-state index in [1.807, 2.05) is 13.8 Å². The summed E-state index contributed by atoms with van der Waals surface area (Å²) in [6, 6.07) is 0. The highest BCUT2D eigenvalue weighted by Gasteiger charge is 2.22. The monoisotopic (exact) mass is 235 g/mol. The predicted molar refractivity (Wildman–Crippen MR) is 63.1 cm³/mol. The molecule has 2 N–H and O–H groups in total. The summed E-state index contributed by atoms with van der Waals surface area (Å²) in [5.41, 5.74) is -0.271. The molecule has 0 radical (unpaired) electrons. The minimum atomic E-state index is -0.271. The number of aliphatic hydroxyl groups is 1. The van der Waals surface area contributed by atoms with Gasteiger partial charge in [0.25, 0.3) is 0 Å². The van der Waals surface area contributed by atoms with E-state index in [4.69, 9.17) is 16.7 Å². The molecule has 15 heavy (non-hydrogen) atoms. The summed E-state index contributed by atoms with van der Waals surface area (Å²) >= 11 is 5.53. The van der Waals surface area contributed by atoms with Crippen molar-refractivity contribution in [2.24, 2.45) is 0 Å². The highest BCUT2D eigenvalue weighted by atomic mass is 35.5. The molecule has 0 aromatic heterocycles. The highest BCUT2D eigenvalue weighted by Crippen LogP contribution is 2.14. The van der Waals surface area contributed by atoms with Crippen LogP contribution < -0.4 is 5.32 Å². The Kier molecular flexibility index (Phi) is 7.79. The second-order valence-electron chi connectivity index (χ2n) is 4.08. The third-order valence-electron chi connectivity index (χ3n) is 2.67. The lowest BCUT2D eigenvalue weighted by molar-refractivity contribution is -0.123. The van der Waals surface area contributed by atoms with E-state index >= 15 is 0 Å². The molecule has 0 aliphatic rings. The number of halogens is 1. The first-order valence-corrected chi connectivity index (χ1v) is 6.09. The molecule has 1 unspecified atom stereocenters. The van der Waals surface area contributed by atoms with Crippen molar-refractivity contribution in [3.63, 3.8) is 0 Å². The number of aliphatic hydroxyl groups excluding tert-OH is 1. The Morgan fingerprint density at radius 1 is 1.47 bits per heavy atom. The average Bonchev–Trinajstić information content (AvgIpc) is 2.18. The first-order chi connectivity index (χ1) is 7.08. The molecule has 0 aliphatic carbocycles. The molecule has 1 atom stereocenters. The maximum Gasteiger partial charge on any atom is 0.220 e. The first-order valence-electron chi connectivity index (χ1n) is 5.56. The summed E-state index contributed by atoms with van der Waals surface area (Å²) in [5.74, 6) is 0.660. The quantitative estimate of drug-likeness (QED) is 0.500. The molecule has 0 aromatic carbocycles. The van der Waals surface area contributed by atoms with E-state index in [9.17, 15) is 4.79 Å². The van der Waals surface area contributed by atoms with Gasteiger partial charge in [0.05, 0.1) is 0 Å². The summed E-state index contributed by atoms with van der Waals surface area (Å²) in [4.78, 5) is 11.5. The first kappa shape index (κ1) is 14.7. The molecule has 0 spiro atoms. The fourth-order valence-electron chi connectivity index (χ4n) is 1.35. The van der Waals surface area contributed by atoms with Crippen LogP contribution >= 0.6 is 11.6 Å². The van der Waals surface area contributed by atoms with Gasteiger partial charge in [-0.3, -0.25) is 4.79 Å². The standard InChI is InChI=1S/C11H22ClNO2/c1-3-11(2,7-9-14)13-10(15)6-4-5-8-12/h14H,3-9H2,1-2H3,(H,13,15). The molecule has 0 bridgehead atoms. The number of hydrogen-bond donors (Lipinski definition) is 2. The molecule has 90 valence electrons. The van der Waals surface area contributed by atoms with Crippen molar-refractivity contribution in [1.82, 2.24) is 5.32 Å². The lowest BCUT2D eigenvalue weighted by Crippen LogP contribution is -2.46. The van der Waals surface area contributed by atoms with Gasteiger partial charge >= 0.3 is 0 Å². The lowest BCUT2D eigenvalue weighted by Gasteiger charge is -2.29. The van der Waals surface area contributed by atoms with Gasteiger partial charge in [0, 0.05) is 24.4 Å². The van der Waals surface area contributed by atoms with E-state index < -0.39 is 0 Å². The summed E-state index contributed by atoms with van der Waals surface area (Å²) in [7, 11) is 0. The van der Waals surface area contributed by atoms with Crippen molar-refractivity contribution >= 4 is 17.5 Å². The number of unbranched alkanes of at least 4 members (excludes halogenated alkanes) is 1. The van der Waals surface area contributed by atoms with E-state index in [1.165, 1.54) is 0 Å². The molecular weight excluding hydrogens is 214 g/mol. The third-order valence-corrected chi connectivity index (χ3v) is 2.94.